The van der Waals surface area contributed by atoms with Crippen LogP contribution in [0.4, 0.5) is 0 Å². The summed E-state index contributed by atoms with van der Waals surface area (Å²) in [7, 11) is 0. The van der Waals surface area contributed by atoms with Crippen LogP contribution >= 0.6 is 0 Å². The first-order valence-electron chi connectivity index (χ1n) is 12.8. The number of esters is 2. The molecule has 4 aliphatic rings. The lowest BCUT2D eigenvalue weighted by Gasteiger charge is -2.43. The second-order valence-corrected chi connectivity index (χ2v) is 14.3. The van der Waals surface area contributed by atoms with Gasteiger partial charge in [0.15, 0.2) is 0 Å². The molecule has 4 aliphatic carbocycles. The molecule has 0 amide bonds. The number of carbonyl (C=O) groups is 2. The largest absolute Gasteiger partial charge is 0.461 e. The van der Waals surface area contributed by atoms with Crippen LogP contribution in [0.15, 0.2) is 0 Å². The second-order valence-electron chi connectivity index (χ2n) is 14.3. The first-order valence-corrected chi connectivity index (χ1v) is 12.8. The minimum Gasteiger partial charge on any atom is -0.461 e. The van der Waals surface area contributed by atoms with Crippen LogP contribution in [0.25, 0.3) is 0 Å². The van der Waals surface area contributed by atoms with Crippen molar-refractivity contribution < 1.29 is 19.1 Å². The van der Waals surface area contributed by atoms with Crippen LogP contribution in [-0.4, -0.2) is 24.1 Å². The van der Waals surface area contributed by atoms with E-state index in [1.165, 1.54) is 12.8 Å². The predicted octanol–water partition coefficient (Wildman–Crippen LogP) is 6.55. The molecule has 0 radical (unpaired) electrons. The van der Waals surface area contributed by atoms with E-state index in [0.717, 1.165) is 25.7 Å². The Bertz CT molecular complexity index is 753. The summed E-state index contributed by atoms with van der Waals surface area (Å²) < 4.78 is 12.4. The molecule has 4 heteroatoms. The van der Waals surface area contributed by atoms with Gasteiger partial charge in [0.1, 0.15) is 12.2 Å². The van der Waals surface area contributed by atoms with Crippen molar-refractivity contribution in [3.63, 3.8) is 0 Å². The third kappa shape index (κ3) is 2.79. The van der Waals surface area contributed by atoms with Gasteiger partial charge in [-0.05, 0) is 88.9 Å². The average Bonchev–Trinajstić information content (AvgIpc) is 3.19. The highest BCUT2D eigenvalue weighted by molar-refractivity contribution is 5.87. The zero-order valence-corrected chi connectivity index (χ0v) is 22.2. The van der Waals surface area contributed by atoms with Crippen LogP contribution < -0.4 is 0 Å². The molecule has 0 saturated heterocycles. The maximum atomic E-state index is 13.5. The summed E-state index contributed by atoms with van der Waals surface area (Å²) in [6.45, 7) is 21.3. The van der Waals surface area contributed by atoms with Crippen molar-refractivity contribution in [3.05, 3.63) is 0 Å². The Balaban J connectivity index is 1.47. The van der Waals surface area contributed by atoms with E-state index in [-0.39, 0.29) is 45.8 Å². The van der Waals surface area contributed by atoms with Crippen molar-refractivity contribution in [2.45, 2.75) is 120 Å². The van der Waals surface area contributed by atoms with Gasteiger partial charge in [-0.15, -0.1) is 0 Å². The number of ether oxygens (including phenoxy) is 2. The van der Waals surface area contributed by atoms with Gasteiger partial charge in [0.2, 0.25) is 0 Å². The average molecular weight is 447 g/mol. The standard InChI is InChI=1S/C28H46O4/c1-23(2)17-11-13-27(23,9)19(15-17)31-21(29)25(5,6)26(7,8)22(30)32-20-16-18-12-14-28(20,10)24(18,3)4/h17-20H,11-16H2,1-10H3. The van der Waals surface area contributed by atoms with Crippen LogP contribution in [0.3, 0.4) is 0 Å². The van der Waals surface area contributed by atoms with Gasteiger partial charge in [0.25, 0.3) is 0 Å². The molecule has 0 N–H and O–H groups in total. The molecule has 4 bridgehead atoms. The Kier molecular flexibility index (Phi) is 5.08. The molecule has 0 aromatic carbocycles. The van der Waals surface area contributed by atoms with Crippen LogP contribution in [-0.2, 0) is 19.1 Å². The molecule has 4 saturated carbocycles. The molecule has 6 unspecified atom stereocenters. The Morgan fingerprint density at radius 1 is 0.656 bits per heavy atom. The normalized spacial score (nSPS) is 41.7. The fourth-order valence-corrected chi connectivity index (χ4v) is 7.68. The second kappa shape index (κ2) is 6.75. The van der Waals surface area contributed by atoms with Gasteiger partial charge in [-0.1, -0.05) is 41.5 Å². The van der Waals surface area contributed by atoms with E-state index in [1.54, 1.807) is 0 Å². The maximum Gasteiger partial charge on any atom is 0.312 e. The van der Waals surface area contributed by atoms with Crippen molar-refractivity contribution in [3.8, 4) is 0 Å². The molecule has 6 atom stereocenters. The molecular formula is C28H46O4. The van der Waals surface area contributed by atoms with Crippen molar-refractivity contribution in [1.29, 1.82) is 0 Å². The molecule has 4 nitrogen and oxygen atoms in total. The minimum atomic E-state index is -0.972. The third-order valence-electron chi connectivity index (χ3n) is 12.5. The van der Waals surface area contributed by atoms with E-state index in [9.17, 15) is 9.59 Å². The van der Waals surface area contributed by atoms with E-state index >= 15 is 0 Å². The monoisotopic (exact) mass is 446 g/mol. The molecule has 0 aromatic rings. The zero-order chi connectivity index (χ0) is 24.1. The lowest BCUT2D eigenvalue weighted by Crippen LogP contribution is -2.50. The molecular weight excluding hydrogens is 400 g/mol. The summed E-state index contributed by atoms with van der Waals surface area (Å²) in [5, 5.41) is 0. The Morgan fingerprint density at radius 2 is 0.969 bits per heavy atom. The van der Waals surface area contributed by atoms with Gasteiger partial charge in [-0.3, -0.25) is 9.59 Å². The first-order chi connectivity index (χ1) is 14.4. The Labute approximate surface area is 195 Å². The molecule has 0 spiro atoms. The highest BCUT2D eigenvalue weighted by Gasteiger charge is 2.65. The molecule has 4 fully saturated rings. The smallest absolute Gasteiger partial charge is 0.312 e. The molecule has 0 aromatic heterocycles. The highest BCUT2D eigenvalue weighted by Crippen LogP contribution is 2.67. The number of rotatable bonds is 5. The van der Waals surface area contributed by atoms with E-state index in [0.29, 0.717) is 11.8 Å². The van der Waals surface area contributed by atoms with Crippen LogP contribution in [0.5, 0.6) is 0 Å². The summed E-state index contributed by atoms with van der Waals surface area (Å²) >= 11 is 0. The third-order valence-corrected chi connectivity index (χ3v) is 12.5. The number of fused-ring (bicyclic) bond motifs is 4. The number of carbonyl (C=O) groups excluding carboxylic acids is 2. The van der Waals surface area contributed by atoms with Gasteiger partial charge < -0.3 is 9.47 Å². The maximum absolute atomic E-state index is 13.5. The molecule has 182 valence electrons. The summed E-state index contributed by atoms with van der Waals surface area (Å²) in [4.78, 5) is 27.0. The lowest BCUT2D eigenvalue weighted by atomic mass is 9.67. The summed E-state index contributed by atoms with van der Waals surface area (Å²) in [5.41, 5.74) is -1.56. The van der Waals surface area contributed by atoms with E-state index in [2.05, 4.69) is 41.5 Å². The van der Waals surface area contributed by atoms with Crippen LogP contribution in [0.2, 0.25) is 0 Å². The summed E-state index contributed by atoms with van der Waals surface area (Å²) in [6.07, 6.45) is 6.38. The SMILES string of the molecule is CC(C)(C(=O)OC1CC2CCC1(C)C2(C)C)C(C)(C)C(=O)OC1CC2CCC1(C)C2(C)C. The van der Waals surface area contributed by atoms with Crippen LogP contribution in [0, 0.1) is 44.3 Å². The fourth-order valence-electron chi connectivity index (χ4n) is 7.68. The van der Waals surface area contributed by atoms with Gasteiger partial charge in [-0.25, -0.2) is 0 Å². The van der Waals surface area contributed by atoms with Crippen molar-refractivity contribution in [1.82, 2.24) is 0 Å². The van der Waals surface area contributed by atoms with Gasteiger partial charge in [0.05, 0.1) is 10.8 Å². The zero-order valence-electron chi connectivity index (χ0n) is 22.2. The highest BCUT2D eigenvalue weighted by atomic mass is 16.6. The summed E-state index contributed by atoms with van der Waals surface area (Å²) in [6, 6.07) is 0. The van der Waals surface area contributed by atoms with Crippen molar-refractivity contribution in [2.24, 2.45) is 44.3 Å². The summed E-state index contributed by atoms with van der Waals surface area (Å²) in [5.74, 6) is 0.670. The first kappa shape index (κ1) is 24.1. The van der Waals surface area contributed by atoms with Crippen molar-refractivity contribution >= 4 is 11.9 Å². The Hall–Kier alpha value is -1.06. The predicted molar refractivity (Wildman–Crippen MR) is 126 cm³/mol. The van der Waals surface area contributed by atoms with Crippen molar-refractivity contribution in [2.75, 3.05) is 0 Å². The topological polar surface area (TPSA) is 52.6 Å². The number of hydrogen-bond acceptors (Lipinski definition) is 4. The minimum absolute atomic E-state index is 0.0112. The van der Waals surface area contributed by atoms with Gasteiger partial charge in [-0.2, -0.15) is 0 Å². The molecule has 4 rings (SSSR count). The van der Waals surface area contributed by atoms with Gasteiger partial charge >= 0.3 is 11.9 Å². The number of hydrogen-bond donors (Lipinski definition) is 0. The molecule has 0 aliphatic heterocycles. The Morgan fingerprint density at radius 3 is 1.19 bits per heavy atom. The molecule has 0 heterocycles. The van der Waals surface area contributed by atoms with E-state index in [1.807, 2.05) is 27.7 Å². The molecule has 32 heavy (non-hydrogen) atoms. The fraction of sp³-hybridized carbons (Fsp3) is 0.929. The van der Waals surface area contributed by atoms with E-state index < -0.39 is 10.8 Å². The van der Waals surface area contributed by atoms with Gasteiger partial charge in [0, 0.05) is 10.8 Å². The lowest BCUT2D eigenvalue weighted by molar-refractivity contribution is -0.189. The van der Waals surface area contributed by atoms with Crippen LogP contribution in [0.1, 0.15) is 108 Å². The quantitative estimate of drug-likeness (QED) is 0.449. The van der Waals surface area contributed by atoms with E-state index in [4.69, 9.17) is 9.47 Å².